The molecule has 0 spiro atoms. The number of anilines is 1. The van der Waals surface area contributed by atoms with E-state index >= 15 is 0 Å². The number of aromatic nitrogens is 1. The summed E-state index contributed by atoms with van der Waals surface area (Å²) in [4.78, 5) is 16.1. The van der Waals surface area contributed by atoms with E-state index in [0.717, 1.165) is 18.5 Å². The third kappa shape index (κ3) is 3.85. The van der Waals surface area contributed by atoms with Gasteiger partial charge in [0.15, 0.2) is 0 Å². The Morgan fingerprint density at radius 2 is 1.86 bits per heavy atom. The molecule has 2 amide bonds. The summed E-state index contributed by atoms with van der Waals surface area (Å²) in [7, 11) is 0. The molecule has 1 saturated carbocycles. The minimum atomic E-state index is -0.129. The molecule has 1 heterocycles. The van der Waals surface area contributed by atoms with Crippen LogP contribution in [0.2, 0.25) is 0 Å². The van der Waals surface area contributed by atoms with Gasteiger partial charge in [0.25, 0.3) is 0 Å². The van der Waals surface area contributed by atoms with Crippen LogP contribution in [0.4, 0.5) is 10.5 Å². The molecule has 0 bridgehead atoms. The summed E-state index contributed by atoms with van der Waals surface area (Å²) in [6.45, 7) is 0. The number of benzene rings is 1. The van der Waals surface area contributed by atoms with Crippen LogP contribution in [0.25, 0.3) is 0 Å². The van der Waals surface area contributed by atoms with Crippen molar-refractivity contribution in [1.29, 1.82) is 0 Å². The first kappa shape index (κ1) is 14.6. The second-order valence-corrected chi connectivity index (χ2v) is 5.82. The number of carbonyl (C=O) groups is 1. The predicted molar refractivity (Wildman–Crippen MR) is 87.7 cm³/mol. The number of pyridine rings is 1. The average molecular weight is 295 g/mol. The van der Waals surface area contributed by atoms with E-state index in [1.165, 1.54) is 18.4 Å². The maximum atomic E-state index is 12.1. The number of carbonyl (C=O) groups excluding carboxylic acids is 1. The van der Waals surface area contributed by atoms with Crippen LogP contribution in [0.3, 0.4) is 0 Å². The molecule has 4 heteroatoms. The molecular formula is C18H21N3O. The zero-order valence-corrected chi connectivity index (χ0v) is 12.5. The lowest BCUT2D eigenvalue weighted by Crippen LogP contribution is -2.40. The van der Waals surface area contributed by atoms with Crippen molar-refractivity contribution in [3.8, 4) is 0 Å². The number of nitrogens with zero attached hydrogens (tertiary/aromatic N) is 1. The second kappa shape index (κ2) is 7.07. The van der Waals surface area contributed by atoms with Gasteiger partial charge in [0.1, 0.15) is 0 Å². The van der Waals surface area contributed by atoms with Crippen LogP contribution in [-0.2, 0) is 6.42 Å². The SMILES string of the molecule is O=C(Nc1ccncc1)NC1CCCC1Cc1ccccc1. The van der Waals surface area contributed by atoms with Crippen LogP contribution in [0, 0.1) is 5.92 Å². The first-order valence-corrected chi connectivity index (χ1v) is 7.83. The molecular weight excluding hydrogens is 274 g/mol. The van der Waals surface area contributed by atoms with Crippen molar-refractivity contribution in [2.45, 2.75) is 31.7 Å². The van der Waals surface area contributed by atoms with Crippen LogP contribution in [0.1, 0.15) is 24.8 Å². The summed E-state index contributed by atoms with van der Waals surface area (Å²) < 4.78 is 0. The molecule has 1 aliphatic carbocycles. The van der Waals surface area contributed by atoms with E-state index in [4.69, 9.17) is 0 Å². The fourth-order valence-electron chi connectivity index (χ4n) is 3.16. The largest absolute Gasteiger partial charge is 0.335 e. The van der Waals surface area contributed by atoms with Crippen molar-refractivity contribution >= 4 is 11.7 Å². The van der Waals surface area contributed by atoms with Gasteiger partial charge < -0.3 is 10.6 Å². The van der Waals surface area contributed by atoms with Gasteiger partial charge in [-0.3, -0.25) is 4.98 Å². The average Bonchev–Trinajstić information content (AvgIpc) is 2.96. The number of hydrogen-bond donors (Lipinski definition) is 2. The molecule has 3 rings (SSSR count). The Labute approximate surface area is 131 Å². The van der Waals surface area contributed by atoms with Crippen molar-refractivity contribution in [3.63, 3.8) is 0 Å². The van der Waals surface area contributed by atoms with E-state index in [9.17, 15) is 4.79 Å². The fourth-order valence-corrected chi connectivity index (χ4v) is 3.16. The normalized spacial score (nSPS) is 20.5. The van der Waals surface area contributed by atoms with E-state index in [1.54, 1.807) is 24.5 Å². The van der Waals surface area contributed by atoms with Gasteiger partial charge in [-0.25, -0.2) is 4.79 Å². The molecule has 114 valence electrons. The first-order chi connectivity index (χ1) is 10.8. The molecule has 0 aliphatic heterocycles. The highest BCUT2D eigenvalue weighted by atomic mass is 16.2. The lowest BCUT2D eigenvalue weighted by Gasteiger charge is -2.21. The van der Waals surface area contributed by atoms with E-state index in [0.29, 0.717) is 5.92 Å². The highest BCUT2D eigenvalue weighted by molar-refractivity contribution is 5.89. The quantitative estimate of drug-likeness (QED) is 0.905. The lowest BCUT2D eigenvalue weighted by atomic mass is 9.95. The number of rotatable bonds is 4. The Morgan fingerprint density at radius 1 is 1.09 bits per heavy atom. The van der Waals surface area contributed by atoms with Crippen molar-refractivity contribution < 1.29 is 4.79 Å². The number of amides is 2. The van der Waals surface area contributed by atoms with Gasteiger partial charge in [0.05, 0.1) is 0 Å². The first-order valence-electron chi connectivity index (χ1n) is 7.83. The van der Waals surface area contributed by atoms with Gasteiger partial charge in [-0.2, -0.15) is 0 Å². The summed E-state index contributed by atoms with van der Waals surface area (Å²) in [5, 5.41) is 5.99. The minimum absolute atomic E-state index is 0.129. The summed E-state index contributed by atoms with van der Waals surface area (Å²) in [5.41, 5.74) is 2.11. The van der Waals surface area contributed by atoms with E-state index in [2.05, 4.69) is 39.9 Å². The molecule has 22 heavy (non-hydrogen) atoms. The summed E-state index contributed by atoms with van der Waals surface area (Å²) >= 11 is 0. The summed E-state index contributed by atoms with van der Waals surface area (Å²) in [6, 6.07) is 14.2. The second-order valence-electron chi connectivity index (χ2n) is 5.82. The van der Waals surface area contributed by atoms with Crippen molar-refractivity contribution in [2.75, 3.05) is 5.32 Å². The molecule has 2 aromatic rings. The highest BCUT2D eigenvalue weighted by Crippen LogP contribution is 2.28. The standard InChI is InChI=1S/C18H21N3O/c22-18(20-16-9-11-19-12-10-16)21-17-8-4-7-15(17)13-14-5-2-1-3-6-14/h1-3,5-6,9-12,15,17H,4,7-8,13H2,(H2,19,20,21,22). The van der Waals surface area contributed by atoms with Gasteiger partial charge in [0, 0.05) is 24.1 Å². The Kier molecular flexibility index (Phi) is 4.68. The molecule has 1 fully saturated rings. The number of hydrogen-bond acceptors (Lipinski definition) is 2. The molecule has 1 aromatic carbocycles. The van der Waals surface area contributed by atoms with Crippen molar-refractivity contribution in [1.82, 2.24) is 10.3 Å². The molecule has 0 radical (unpaired) electrons. The van der Waals surface area contributed by atoms with E-state index in [-0.39, 0.29) is 12.1 Å². The van der Waals surface area contributed by atoms with Gasteiger partial charge in [-0.15, -0.1) is 0 Å². The van der Waals surface area contributed by atoms with E-state index in [1.807, 2.05) is 6.07 Å². The minimum Gasteiger partial charge on any atom is -0.335 e. The van der Waals surface area contributed by atoms with Crippen LogP contribution in [0.15, 0.2) is 54.9 Å². The number of nitrogens with one attached hydrogen (secondary N) is 2. The maximum absolute atomic E-state index is 12.1. The van der Waals surface area contributed by atoms with Crippen molar-refractivity contribution in [2.24, 2.45) is 5.92 Å². The Bertz CT molecular complexity index is 600. The number of urea groups is 1. The molecule has 4 nitrogen and oxygen atoms in total. The Hall–Kier alpha value is -2.36. The molecule has 1 aliphatic rings. The molecule has 1 aromatic heterocycles. The fraction of sp³-hybridized carbons (Fsp3) is 0.333. The highest BCUT2D eigenvalue weighted by Gasteiger charge is 2.28. The molecule has 2 atom stereocenters. The van der Waals surface area contributed by atoms with Crippen LogP contribution in [0.5, 0.6) is 0 Å². The van der Waals surface area contributed by atoms with Gasteiger partial charge >= 0.3 is 6.03 Å². The molecule has 2 unspecified atom stereocenters. The maximum Gasteiger partial charge on any atom is 0.319 e. The van der Waals surface area contributed by atoms with Gasteiger partial charge in [-0.05, 0) is 42.9 Å². The summed E-state index contributed by atoms with van der Waals surface area (Å²) in [6.07, 6.45) is 7.78. The zero-order chi connectivity index (χ0) is 15.2. The predicted octanol–water partition coefficient (Wildman–Crippen LogP) is 3.61. The monoisotopic (exact) mass is 295 g/mol. The third-order valence-corrected chi connectivity index (χ3v) is 4.25. The lowest BCUT2D eigenvalue weighted by molar-refractivity contribution is 0.245. The van der Waals surface area contributed by atoms with Gasteiger partial charge in [-0.1, -0.05) is 36.8 Å². The van der Waals surface area contributed by atoms with Crippen LogP contribution >= 0.6 is 0 Å². The topological polar surface area (TPSA) is 54.0 Å². The Morgan fingerprint density at radius 3 is 2.64 bits per heavy atom. The summed E-state index contributed by atoms with van der Waals surface area (Å²) in [5.74, 6) is 0.519. The van der Waals surface area contributed by atoms with Gasteiger partial charge in [0.2, 0.25) is 0 Å². The zero-order valence-electron chi connectivity index (χ0n) is 12.5. The molecule has 0 saturated heterocycles. The third-order valence-electron chi connectivity index (χ3n) is 4.25. The van der Waals surface area contributed by atoms with E-state index < -0.39 is 0 Å². The van der Waals surface area contributed by atoms with Crippen molar-refractivity contribution in [3.05, 3.63) is 60.4 Å². The van der Waals surface area contributed by atoms with Crippen LogP contribution < -0.4 is 10.6 Å². The smallest absolute Gasteiger partial charge is 0.319 e. The molecule has 2 N–H and O–H groups in total. The Balaban J connectivity index is 1.55. The van der Waals surface area contributed by atoms with Crippen LogP contribution in [-0.4, -0.2) is 17.1 Å².